The molecule has 0 atom stereocenters. The Balaban J connectivity index is 2.11. The van der Waals surface area contributed by atoms with E-state index >= 15 is 0 Å². The lowest BCUT2D eigenvalue weighted by atomic mass is 10.1. The first-order chi connectivity index (χ1) is 9.60. The lowest BCUT2D eigenvalue weighted by Gasteiger charge is -2.09. The summed E-state index contributed by atoms with van der Waals surface area (Å²) < 4.78 is 7.59. The van der Waals surface area contributed by atoms with E-state index in [1.807, 2.05) is 36.4 Å². The molecule has 3 N–H and O–H groups in total. The molecule has 0 heterocycles. The van der Waals surface area contributed by atoms with E-state index in [0.717, 1.165) is 20.3 Å². The van der Waals surface area contributed by atoms with Crippen molar-refractivity contribution >= 4 is 37.7 Å². The molecule has 0 radical (unpaired) electrons. The van der Waals surface area contributed by atoms with Gasteiger partial charge in [0.1, 0.15) is 12.4 Å². The summed E-state index contributed by atoms with van der Waals surface area (Å²) in [6.45, 7) is 0.396. The summed E-state index contributed by atoms with van der Waals surface area (Å²) in [5.41, 5.74) is 7.15. The topological polar surface area (TPSA) is 67.8 Å². The molecule has 2 aromatic rings. The fourth-order valence-electron chi connectivity index (χ4n) is 1.63. The van der Waals surface area contributed by atoms with Crippen LogP contribution in [0.25, 0.3) is 0 Å². The van der Waals surface area contributed by atoms with Gasteiger partial charge in [-0.1, -0.05) is 39.3 Å². The molecule has 6 heteroatoms. The number of oxime groups is 1. The van der Waals surface area contributed by atoms with Gasteiger partial charge in [0.2, 0.25) is 0 Å². The van der Waals surface area contributed by atoms with E-state index in [4.69, 9.17) is 15.7 Å². The summed E-state index contributed by atoms with van der Waals surface area (Å²) >= 11 is 6.83. The van der Waals surface area contributed by atoms with Gasteiger partial charge in [0.05, 0.1) is 4.47 Å². The number of hydrogen-bond donors (Lipinski definition) is 2. The maximum atomic E-state index is 8.67. The number of ether oxygens (including phenoxy) is 1. The quantitative estimate of drug-likeness (QED) is 0.354. The number of rotatable bonds is 4. The van der Waals surface area contributed by atoms with Crippen molar-refractivity contribution in [2.24, 2.45) is 10.9 Å². The first kappa shape index (κ1) is 14.9. The summed E-state index contributed by atoms with van der Waals surface area (Å²) in [5, 5.41) is 11.7. The van der Waals surface area contributed by atoms with Gasteiger partial charge >= 0.3 is 0 Å². The summed E-state index contributed by atoms with van der Waals surface area (Å²) in [6, 6.07) is 13.1. The lowest BCUT2D eigenvalue weighted by Crippen LogP contribution is -2.13. The van der Waals surface area contributed by atoms with Gasteiger partial charge in [0.25, 0.3) is 0 Å². The minimum atomic E-state index is 0.0803. The molecule has 0 aliphatic carbocycles. The number of nitrogens with zero attached hydrogens (tertiary/aromatic N) is 1. The van der Waals surface area contributed by atoms with Crippen molar-refractivity contribution < 1.29 is 9.94 Å². The van der Waals surface area contributed by atoms with Crippen LogP contribution in [0.15, 0.2) is 56.6 Å². The van der Waals surface area contributed by atoms with Crippen molar-refractivity contribution in [3.05, 3.63) is 62.5 Å². The number of amidine groups is 1. The molecular formula is C14H12Br2N2O2. The molecule has 2 rings (SSSR count). The number of halogens is 2. The SMILES string of the molecule is NC(=NO)c1cccc(COc2ccc(Br)cc2Br)c1. The maximum absolute atomic E-state index is 8.67. The first-order valence-corrected chi connectivity index (χ1v) is 7.33. The molecule has 0 saturated heterocycles. The highest BCUT2D eigenvalue weighted by Crippen LogP contribution is 2.28. The Morgan fingerprint density at radius 2 is 2.00 bits per heavy atom. The Kier molecular flexibility index (Phi) is 5.03. The zero-order chi connectivity index (χ0) is 14.5. The van der Waals surface area contributed by atoms with E-state index in [9.17, 15) is 0 Å². The second kappa shape index (κ2) is 6.76. The molecule has 0 aliphatic heterocycles. The van der Waals surface area contributed by atoms with Crippen LogP contribution in [-0.4, -0.2) is 11.0 Å². The van der Waals surface area contributed by atoms with Crippen molar-refractivity contribution in [1.82, 2.24) is 0 Å². The van der Waals surface area contributed by atoms with Gasteiger partial charge in [-0.2, -0.15) is 0 Å². The van der Waals surface area contributed by atoms with Crippen molar-refractivity contribution in [3.8, 4) is 5.75 Å². The molecule has 0 aromatic heterocycles. The van der Waals surface area contributed by atoms with E-state index in [0.29, 0.717) is 12.2 Å². The van der Waals surface area contributed by atoms with Crippen LogP contribution >= 0.6 is 31.9 Å². The van der Waals surface area contributed by atoms with Crippen LogP contribution in [-0.2, 0) is 6.61 Å². The van der Waals surface area contributed by atoms with Crippen LogP contribution in [0.5, 0.6) is 5.75 Å². The van der Waals surface area contributed by atoms with Gasteiger partial charge in [0, 0.05) is 10.0 Å². The molecule has 2 aromatic carbocycles. The highest BCUT2D eigenvalue weighted by molar-refractivity contribution is 9.11. The maximum Gasteiger partial charge on any atom is 0.170 e. The second-order valence-electron chi connectivity index (χ2n) is 4.05. The van der Waals surface area contributed by atoms with E-state index in [2.05, 4.69) is 37.0 Å². The van der Waals surface area contributed by atoms with E-state index in [1.54, 1.807) is 6.07 Å². The molecule has 0 fully saturated rings. The predicted molar refractivity (Wildman–Crippen MR) is 85.1 cm³/mol. The molecule has 0 aliphatic rings. The van der Waals surface area contributed by atoms with Crippen LogP contribution in [0.1, 0.15) is 11.1 Å². The van der Waals surface area contributed by atoms with Crippen molar-refractivity contribution in [3.63, 3.8) is 0 Å². The zero-order valence-electron chi connectivity index (χ0n) is 10.4. The monoisotopic (exact) mass is 398 g/mol. The Labute approximate surface area is 133 Å². The standard InChI is InChI=1S/C14H12Br2N2O2/c15-11-4-5-13(12(16)7-11)20-8-9-2-1-3-10(6-9)14(17)18-19/h1-7,19H,8H2,(H2,17,18). The molecule has 4 nitrogen and oxygen atoms in total. The highest BCUT2D eigenvalue weighted by atomic mass is 79.9. The molecule has 0 saturated carbocycles. The molecule has 20 heavy (non-hydrogen) atoms. The van der Waals surface area contributed by atoms with Gasteiger partial charge in [-0.3, -0.25) is 0 Å². The lowest BCUT2D eigenvalue weighted by molar-refractivity contribution is 0.304. The first-order valence-electron chi connectivity index (χ1n) is 5.75. The third kappa shape index (κ3) is 3.74. The summed E-state index contributed by atoms with van der Waals surface area (Å²) in [6.07, 6.45) is 0. The molecule has 0 amide bonds. The average molecular weight is 400 g/mol. The minimum absolute atomic E-state index is 0.0803. The van der Waals surface area contributed by atoms with Gasteiger partial charge < -0.3 is 15.7 Å². The van der Waals surface area contributed by atoms with Gasteiger partial charge in [-0.15, -0.1) is 0 Å². The number of benzene rings is 2. The normalized spacial score (nSPS) is 11.4. The fraction of sp³-hybridized carbons (Fsp3) is 0.0714. The Morgan fingerprint density at radius 1 is 1.20 bits per heavy atom. The summed E-state index contributed by atoms with van der Waals surface area (Å²) in [4.78, 5) is 0. The minimum Gasteiger partial charge on any atom is -0.488 e. The van der Waals surface area contributed by atoms with E-state index in [1.165, 1.54) is 0 Å². The fourth-order valence-corrected chi connectivity index (χ4v) is 2.79. The third-order valence-electron chi connectivity index (χ3n) is 2.62. The third-order valence-corrected chi connectivity index (χ3v) is 3.73. The van der Waals surface area contributed by atoms with Crippen LogP contribution in [0, 0.1) is 0 Å². The summed E-state index contributed by atoms with van der Waals surface area (Å²) in [7, 11) is 0. The van der Waals surface area contributed by atoms with Gasteiger partial charge in [0.15, 0.2) is 5.84 Å². The van der Waals surface area contributed by atoms with Crippen LogP contribution in [0.3, 0.4) is 0 Å². The van der Waals surface area contributed by atoms with Crippen LogP contribution in [0.4, 0.5) is 0 Å². The smallest absolute Gasteiger partial charge is 0.170 e. The highest BCUT2D eigenvalue weighted by Gasteiger charge is 2.04. The largest absolute Gasteiger partial charge is 0.488 e. The Morgan fingerprint density at radius 3 is 2.70 bits per heavy atom. The molecular weight excluding hydrogens is 388 g/mol. The van der Waals surface area contributed by atoms with E-state index in [-0.39, 0.29) is 5.84 Å². The van der Waals surface area contributed by atoms with E-state index < -0.39 is 0 Å². The molecule has 104 valence electrons. The predicted octanol–water partition coefficient (Wildman–Crippen LogP) is 3.89. The molecule has 0 bridgehead atoms. The van der Waals surface area contributed by atoms with Crippen molar-refractivity contribution in [2.45, 2.75) is 6.61 Å². The Hall–Kier alpha value is -1.53. The average Bonchev–Trinajstić information content (AvgIpc) is 2.46. The number of hydrogen-bond acceptors (Lipinski definition) is 3. The zero-order valence-corrected chi connectivity index (χ0v) is 13.6. The van der Waals surface area contributed by atoms with Crippen molar-refractivity contribution in [2.75, 3.05) is 0 Å². The van der Waals surface area contributed by atoms with Gasteiger partial charge in [-0.05, 0) is 45.8 Å². The van der Waals surface area contributed by atoms with Crippen LogP contribution < -0.4 is 10.5 Å². The second-order valence-corrected chi connectivity index (χ2v) is 5.82. The van der Waals surface area contributed by atoms with Crippen molar-refractivity contribution in [1.29, 1.82) is 0 Å². The van der Waals surface area contributed by atoms with Crippen LogP contribution in [0.2, 0.25) is 0 Å². The molecule has 0 unspecified atom stereocenters. The summed E-state index contributed by atoms with van der Waals surface area (Å²) in [5.74, 6) is 0.832. The van der Waals surface area contributed by atoms with Gasteiger partial charge in [-0.25, -0.2) is 0 Å². The number of nitrogens with two attached hydrogens (primary N) is 1. The Bertz CT molecular complexity index is 645. The molecule has 0 spiro atoms.